The van der Waals surface area contributed by atoms with Crippen LogP contribution >= 0.6 is 39.0 Å². The van der Waals surface area contributed by atoms with Gasteiger partial charge >= 0.3 is 0 Å². The zero-order valence-corrected chi connectivity index (χ0v) is 21.5. The van der Waals surface area contributed by atoms with Gasteiger partial charge in [0.15, 0.2) is 10.9 Å². The summed E-state index contributed by atoms with van der Waals surface area (Å²) in [5.41, 5.74) is 3.32. The summed E-state index contributed by atoms with van der Waals surface area (Å²) in [5, 5.41) is 5.39. The summed E-state index contributed by atoms with van der Waals surface area (Å²) in [6, 6.07) is 17.8. The molecule has 1 atom stereocenters. The molecular formula is C26H24BrN3OS2. The molecule has 168 valence electrons. The van der Waals surface area contributed by atoms with Crippen LogP contribution in [-0.4, -0.2) is 21.5 Å². The van der Waals surface area contributed by atoms with E-state index in [1.54, 1.807) is 11.3 Å². The Kier molecular flexibility index (Phi) is 6.81. The van der Waals surface area contributed by atoms with Crippen LogP contribution in [0.15, 0.2) is 64.2 Å². The van der Waals surface area contributed by atoms with Crippen LogP contribution in [0.25, 0.3) is 10.2 Å². The first-order valence-corrected chi connectivity index (χ1v) is 13.7. The average Bonchev–Trinajstić information content (AvgIpc) is 3.19. The SMILES string of the molecule is CC1CCc2c(sc3nc(SCC(=O)c4ccc(Br)cc4)nc(NCc4ccccc4)c23)C1. The molecule has 1 unspecified atom stereocenters. The number of thiophene rings is 1. The van der Waals surface area contributed by atoms with Gasteiger partial charge in [-0.3, -0.25) is 4.79 Å². The Morgan fingerprint density at radius 3 is 2.73 bits per heavy atom. The van der Waals surface area contributed by atoms with Gasteiger partial charge in [-0.15, -0.1) is 11.3 Å². The van der Waals surface area contributed by atoms with E-state index in [4.69, 9.17) is 9.97 Å². The third kappa shape index (κ3) is 5.15. The lowest BCUT2D eigenvalue weighted by Crippen LogP contribution is -2.10. The molecule has 1 aliphatic carbocycles. The molecule has 0 aliphatic heterocycles. The van der Waals surface area contributed by atoms with Crippen molar-refractivity contribution in [1.82, 2.24) is 9.97 Å². The zero-order chi connectivity index (χ0) is 22.8. The van der Waals surface area contributed by atoms with Gasteiger partial charge in [-0.25, -0.2) is 9.97 Å². The molecule has 4 nitrogen and oxygen atoms in total. The molecular weight excluding hydrogens is 514 g/mol. The van der Waals surface area contributed by atoms with Crippen LogP contribution in [0.4, 0.5) is 5.82 Å². The molecule has 2 heterocycles. The fourth-order valence-corrected chi connectivity index (χ4v) is 6.59. The van der Waals surface area contributed by atoms with Crippen molar-refractivity contribution in [2.75, 3.05) is 11.1 Å². The van der Waals surface area contributed by atoms with Gasteiger partial charge in [0.2, 0.25) is 0 Å². The molecule has 1 N–H and O–H groups in total. The number of Topliss-reactive ketones (excluding diaryl/α,β-unsaturated/α-hetero) is 1. The van der Waals surface area contributed by atoms with Crippen LogP contribution in [0.1, 0.15) is 39.7 Å². The van der Waals surface area contributed by atoms with E-state index in [0.29, 0.717) is 28.9 Å². The van der Waals surface area contributed by atoms with Crippen LogP contribution in [0.2, 0.25) is 0 Å². The molecule has 0 saturated heterocycles. The summed E-state index contributed by atoms with van der Waals surface area (Å²) in [7, 11) is 0. The van der Waals surface area contributed by atoms with Gasteiger partial charge in [-0.05, 0) is 48.4 Å². The van der Waals surface area contributed by atoms with Crippen LogP contribution < -0.4 is 5.32 Å². The van der Waals surface area contributed by atoms with Crippen LogP contribution in [0.3, 0.4) is 0 Å². The van der Waals surface area contributed by atoms with Crippen molar-refractivity contribution in [1.29, 1.82) is 0 Å². The highest BCUT2D eigenvalue weighted by Crippen LogP contribution is 2.41. The van der Waals surface area contributed by atoms with Crippen molar-refractivity contribution in [3.8, 4) is 0 Å². The van der Waals surface area contributed by atoms with Crippen molar-refractivity contribution in [2.24, 2.45) is 5.92 Å². The van der Waals surface area contributed by atoms with E-state index in [2.05, 4.69) is 52.4 Å². The summed E-state index contributed by atoms with van der Waals surface area (Å²) >= 11 is 6.62. The number of aromatic nitrogens is 2. The Balaban J connectivity index is 1.43. The number of fused-ring (bicyclic) bond motifs is 3. The first-order chi connectivity index (χ1) is 16.1. The molecule has 2 aromatic heterocycles. The predicted octanol–water partition coefficient (Wildman–Crippen LogP) is 7.17. The highest BCUT2D eigenvalue weighted by Gasteiger charge is 2.24. The number of halogens is 1. The van der Waals surface area contributed by atoms with E-state index in [1.807, 2.05) is 30.3 Å². The standard InChI is InChI=1S/C26H24BrN3OS2/c1-16-7-12-20-22(13-16)33-25-23(20)24(28-14-17-5-3-2-4-6-17)29-26(30-25)32-15-21(31)18-8-10-19(27)11-9-18/h2-6,8-11,16H,7,12-15H2,1H3,(H,28,29,30). The van der Waals surface area contributed by atoms with Gasteiger partial charge in [0.05, 0.1) is 11.1 Å². The molecule has 2 aromatic carbocycles. The molecule has 4 aromatic rings. The van der Waals surface area contributed by atoms with Crippen molar-refractivity contribution < 1.29 is 4.79 Å². The molecule has 33 heavy (non-hydrogen) atoms. The fourth-order valence-electron chi connectivity index (χ4n) is 4.15. The number of thioether (sulfide) groups is 1. The fraction of sp³-hybridized carbons (Fsp3) is 0.269. The van der Waals surface area contributed by atoms with E-state index in [1.165, 1.54) is 39.6 Å². The summed E-state index contributed by atoms with van der Waals surface area (Å²) in [4.78, 5) is 24.9. The molecule has 0 fully saturated rings. The number of hydrogen-bond acceptors (Lipinski definition) is 6. The molecule has 0 spiro atoms. The molecule has 0 radical (unpaired) electrons. The Labute approximate surface area is 210 Å². The summed E-state index contributed by atoms with van der Waals surface area (Å²) in [6.07, 6.45) is 3.39. The summed E-state index contributed by atoms with van der Waals surface area (Å²) < 4.78 is 0.964. The second kappa shape index (κ2) is 9.95. The zero-order valence-electron chi connectivity index (χ0n) is 18.3. The second-order valence-corrected chi connectivity index (χ2v) is 11.4. The van der Waals surface area contributed by atoms with Gasteiger partial charge in [0.1, 0.15) is 10.6 Å². The molecule has 7 heteroatoms. The number of ketones is 1. The molecule has 0 amide bonds. The number of aryl methyl sites for hydroxylation is 1. The topological polar surface area (TPSA) is 54.9 Å². The van der Waals surface area contributed by atoms with Gasteiger partial charge in [-0.2, -0.15) is 0 Å². The highest BCUT2D eigenvalue weighted by molar-refractivity contribution is 9.10. The van der Waals surface area contributed by atoms with Gasteiger partial charge < -0.3 is 5.32 Å². The molecule has 1 aliphatic rings. The van der Waals surface area contributed by atoms with Crippen molar-refractivity contribution in [3.05, 3.63) is 80.6 Å². The Bertz CT molecular complexity index is 1290. The molecule has 5 rings (SSSR count). The number of benzene rings is 2. The lowest BCUT2D eigenvalue weighted by molar-refractivity contribution is 0.102. The van der Waals surface area contributed by atoms with E-state index in [-0.39, 0.29) is 5.78 Å². The van der Waals surface area contributed by atoms with Crippen LogP contribution in [-0.2, 0) is 19.4 Å². The minimum Gasteiger partial charge on any atom is -0.365 e. The monoisotopic (exact) mass is 537 g/mol. The quantitative estimate of drug-likeness (QED) is 0.154. The molecule has 0 saturated carbocycles. The normalized spacial score (nSPS) is 15.4. The van der Waals surface area contributed by atoms with E-state index in [9.17, 15) is 4.79 Å². The number of rotatable bonds is 7. The number of nitrogens with zero attached hydrogens (tertiary/aromatic N) is 2. The minimum atomic E-state index is 0.0780. The number of carbonyl (C=O) groups excluding carboxylic acids is 1. The number of hydrogen-bond donors (Lipinski definition) is 1. The first-order valence-electron chi connectivity index (χ1n) is 11.1. The van der Waals surface area contributed by atoms with Gasteiger partial charge in [-0.1, -0.05) is 77.1 Å². The minimum absolute atomic E-state index is 0.0780. The van der Waals surface area contributed by atoms with E-state index >= 15 is 0 Å². The van der Waals surface area contributed by atoms with Gasteiger partial charge in [0, 0.05) is 21.5 Å². The maximum Gasteiger partial charge on any atom is 0.191 e. The lowest BCUT2D eigenvalue weighted by atomic mass is 9.89. The van der Waals surface area contributed by atoms with Crippen LogP contribution in [0.5, 0.6) is 0 Å². The first kappa shape index (κ1) is 22.6. The summed E-state index contributed by atoms with van der Waals surface area (Å²) in [6.45, 7) is 3.03. The van der Waals surface area contributed by atoms with E-state index in [0.717, 1.165) is 28.0 Å². The number of anilines is 1. The largest absolute Gasteiger partial charge is 0.365 e. The van der Waals surface area contributed by atoms with E-state index < -0.39 is 0 Å². The van der Waals surface area contributed by atoms with Gasteiger partial charge in [0.25, 0.3) is 0 Å². The predicted molar refractivity (Wildman–Crippen MR) is 142 cm³/mol. The molecule has 0 bridgehead atoms. The van der Waals surface area contributed by atoms with Crippen molar-refractivity contribution in [3.63, 3.8) is 0 Å². The maximum atomic E-state index is 12.7. The maximum absolute atomic E-state index is 12.7. The Morgan fingerprint density at radius 2 is 1.94 bits per heavy atom. The summed E-state index contributed by atoms with van der Waals surface area (Å²) in [5.74, 6) is 1.98. The second-order valence-electron chi connectivity index (χ2n) is 8.44. The third-order valence-corrected chi connectivity index (χ3v) is 8.46. The number of carbonyl (C=O) groups is 1. The number of nitrogens with one attached hydrogen (secondary N) is 1. The Hall–Kier alpha value is -2.22. The average molecular weight is 539 g/mol. The van der Waals surface area contributed by atoms with Crippen molar-refractivity contribution >= 4 is 60.8 Å². The third-order valence-electron chi connectivity index (χ3n) is 5.94. The smallest absolute Gasteiger partial charge is 0.191 e. The highest BCUT2D eigenvalue weighted by atomic mass is 79.9. The Morgan fingerprint density at radius 1 is 1.15 bits per heavy atom. The van der Waals surface area contributed by atoms with Crippen molar-refractivity contribution in [2.45, 2.75) is 37.9 Å². The van der Waals surface area contributed by atoms with Crippen LogP contribution in [0, 0.1) is 5.92 Å². The lowest BCUT2D eigenvalue weighted by Gasteiger charge is -2.18.